The van der Waals surface area contributed by atoms with Crippen LogP contribution >= 0.6 is 0 Å². The average Bonchev–Trinajstić information content (AvgIpc) is 2.77. The molecule has 3 heterocycles. The number of piperazine rings is 1. The van der Waals surface area contributed by atoms with Gasteiger partial charge < -0.3 is 19.3 Å². The number of hydrogen-bond donors (Lipinski definition) is 0. The van der Waals surface area contributed by atoms with Crippen LogP contribution in [-0.2, 0) is 9.47 Å². The molecule has 0 unspecified atom stereocenters. The van der Waals surface area contributed by atoms with Crippen molar-refractivity contribution in [3.63, 3.8) is 0 Å². The predicted octanol–water partition coefficient (Wildman–Crippen LogP) is 3.25. The van der Waals surface area contributed by atoms with E-state index < -0.39 is 5.60 Å². The van der Waals surface area contributed by atoms with Gasteiger partial charge in [0, 0.05) is 63.1 Å². The van der Waals surface area contributed by atoms with Crippen LogP contribution in [-0.4, -0.2) is 84.5 Å². The zero-order chi connectivity index (χ0) is 23.6. The SMILES string of the molecule is C[C@@H]1CN(c2ccc(C#N)c3ncccc23)C[C@H](CN2CCN(C(=O)OC(C)(C)C)CC2)O1. The lowest BCUT2D eigenvalue weighted by Gasteiger charge is -2.42. The highest BCUT2D eigenvalue weighted by molar-refractivity contribution is 5.95. The smallest absolute Gasteiger partial charge is 0.410 e. The van der Waals surface area contributed by atoms with E-state index in [1.54, 1.807) is 11.1 Å². The fourth-order valence-electron chi connectivity index (χ4n) is 4.59. The highest BCUT2D eigenvalue weighted by Crippen LogP contribution is 2.30. The number of fused-ring (bicyclic) bond motifs is 1. The maximum Gasteiger partial charge on any atom is 0.410 e. The molecule has 0 radical (unpaired) electrons. The van der Waals surface area contributed by atoms with E-state index >= 15 is 0 Å². The number of pyridine rings is 1. The molecule has 0 bridgehead atoms. The Morgan fingerprint density at radius 2 is 1.97 bits per heavy atom. The number of hydrogen-bond acceptors (Lipinski definition) is 7. The number of rotatable bonds is 3. The molecule has 4 rings (SSSR count). The summed E-state index contributed by atoms with van der Waals surface area (Å²) < 4.78 is 11.8. The fraction of sp³-hybridized carbons (Fsp3) is 0.560. The molecule has 33 heavy (non-hydrogen) atoms. The number of morpholine rings is 1. The van der Waals surface area contributed by atoms with Crippen molar-refractivity contribution in [2.45, 2.75) is 45.5 Å². The molecular formula is C25H33N5O3. The van der Waals surface area contributed by atoms with Crippen LogP contribution < -0.4 is 4.90 Å². The molecule has 2 aromatic rings. The third-order valence-corrected chi connectivity index (χ3v) is 6.02. The first kappa shape index (κ1) is 23.3. The van der Waals surface area contributed by atoms with Crippen LogP contribution in [0.15, 0.2) is 30.5 Å². The van der Waals surface area contributed by atoms with Crippen LogP contribution in [0.25, 0.3) is 10.9 Å². The van der Waals surface area contributed by atoms with Gasteiger partial charge in [-0.3, -0.25) is 9.88 Å². The van der Waals surface area contributed by atoms with Crippen LogP contribution in [0.5, 0.6) is 0 Å². The molecule has 1 aromatic carbocycles. The van der Waals surface area contributed by atoms with Crippen molar-refractivity contribution in [3.8, 4) is 6.07 Å². The number of carbonyl (C=O) groups is 1. The molecule has 176 valence electrons. The van der Waals surface area contributed by atoms with E-state index in [0.717, 1.165) is 49.3 Å². The van der Waals surface area contributed by atoms with Crippen molar-refractivity contribution in [2.75, 3.05) is 50.7 Å². The molecule has 0 saturated carbocycles. The summed E-state index contributed by atoms with van der Waals surface area (Å²) in [5.41, 5.74) is 1.95. The van der Waals surface area contributed by atoms with Crippen LogP contribution in [0.4, 0.5) is 10.5 Å². The fourth-order valence-corrected chi connectivity index (χ4v) is 4.59. The topological polar surface area (TPSA) is 81.9 Å². The van der Waals surface area contributed by atoms with Gasteiger partial charge in [-0.1, -0.05) is 0 Å². The third kappa shape index (κ3) is 5.55. The van der Waals surface area contributed by atoms with Gasteiger partial charge in [-0.15, -0.1) is 0 Å². The summed E-state index contributed by atoms with van der Waals surface area (Å²) in [6, 6.07) is 10.1. The van der Waals surface area contributed by atoms with Gasteiger partial charge in [-0.2, -0.15) is 5.26 Å². The summed E-state index contributed by atoms with van der Waals surface area (Å²) in [6.07, 6.45) is 1.64. The Labute approximate surface area is 195 Å². The van der Waals surface area contributed by atoms with E-state index in [-0.39, 0.29) is 18.3 Å². The summed E-state index contributed by atoms with van der Waals surface area (Å²) in [4.78, 5) is 23.3. The number of nitrogens with zero attached hydrogens (tertiary/aromatic N) is 5. The van der Waals surface area contributed by atoms with Crippen molar-refractivity contribution in [2.24, 2.45) is 0 Å². The Hall–Kier alpha value is -2.89. The Balaban J connectivity index is 1.40. The molecule has 1 amide bonds. The number of nitriles is 1. The highest BCUT2D eigenvalue weighted by Gasteiger charge is 2.31. The third-order valence-electron chi connectivity index (χ3n) is 6.02. The molecule has 2 aliphatic heterocycles. The minimum Gasteiger partial charge on any atom is -0.444 e. The molecule has 2 aliphatic rings. The summed E-state index contributed by atoms with van der Waals surface area (Å²) in [7, 11) is 0. The van der Waals surface area contributed by atoms with Gasteiger partial charge in [0.25, 0.3) is 0 Å². The standard InChI is InChI=1S/C25H33N5O3/c1-18-15-30(22-8-7-19(14-26)23-21(22)6-5-9-27-23)17-20(32-18)16-28-10-12-29(13-11-28)24(31)33-25(2,3)4/h5-9,18,20H,10-13,15-17H2,1-4H3/t18-,20+/m1/s1. The lowest BCUT2D eigenvalue weighted by Crippen LogP contribution is -2.55. The summed E-state index contributed by atoms with van der Waals surface area (Å²) in [5.74, 6) is 0. The number of carbonyl (C=O) groups excluding carboxylic acids is 1. The molecular weight excluding hydrogens is 418 g/mol. The minimum absolute atomic E-state index is 0.0594. The second-order valence-corrected chi connectivity index (χ2v) is 9.89. The zero-order valence-electron chi connectivity index (χ0n) is 20.0. The zero-order valence-corrected chi connectivity index (χ0v) is 20.0. The lowest BCUT2D eigenvalue weighted by molar-refractivity contribution is -0.0393. The quantitative estimate of drug-likeness (QED) is 0.708. The molecule has 0 N–H and O–H groups in total. The van der Waals surface area contributed by atoms with E-state index in [2.05, 4.69) is 27.8 Å². The van der Waals surface area contributed by atoms with Gasteiger partial charge >= 0.3 is 6.09 Å². The van der Waals surface area contributed by atoms with Crippen molar-refractivity contribution in [1.29, 1.82) is 5.26 Å². The molecule has 8 heteroatoms. The molecule has 8 nitrogen and oxygen atoms in total. The van der Waals surface area contributed by atoms with Crippen molar-refractivity contribution in [1.82, 2.24) is 14.8 Å². The first-order chi connectivity index (χ1) is 15.7. The molecule has 2 fully saturated rings. The van der Waals surface area contributed by atoms with Gasteiger partial charge in [-0.25, -0.2) is 4.79 Å². The van der Waals surface area contributed by atoms with Crippen LogP contribution in [0.1, 0.15) is 33.3 Å². The number of amides is 1. The van der Waals surface area contributed by atoms with Crippen molar-refractivity contribution < 1.29 is 14.3 Å². The number of benzene rings is 1. The molecule has 2 saturated heterocycles. The maximum absolute atomic E-state index is 12.3. The Morgan fingerprint density at radius 1 is 1.21 bits per heavy atom. The summed E-state index contributed by atoms with van der Waals surface area (Å²) in [5, 5.41) is 10.4. The van der Waals surface area contributed by atoms with Gasteiger partial charge in [-0.05, 0) is 52.0 Å². The molecule has 0 aliphatic carbocycles. The predicted molar refractivity (Wildman–Crippen MR) is 127 cm³/mol. The Kier molecular flexibility index (Phi) is 6.73. The Morgan fingerprint density at radius 3 is 2.67 bits per heavy atom. The average molecular weight is 452 g/mol. The normalized spacial score (nSPS) is 22.3. The van der Waals surface area contributed by atoms with Crippen LogP contribution in [0, 0.1) is 11.3 Å². The van der Waals surface area contributed by atoms with Crippen LogP contribution in [0.3, 0.4) is 0 Å². The second-order valence-electron chi connectivity index (χ2n) is 9.89. The van der Waals surface area contributed by atoms with Gasteiger partial charge in [0.15, 0.2) is 0 Å². The van der Waals surface area contributed by atoms with Crippen LogP contribution in [0.2, 0.25) is 0 Å². The first-order valence-electron chi connectivity index (χ1n) is 11.6. The van der Waals surface area contributed by atoms with E-state index in [1.165, 1.54) is 0 Å². The largest absolute Gasteiger partial charge is 0.444 e. The Bertz CT molecular complexity index is 1040. The number of anilines is 1. The molecule has 0 spiro atoms. The molecule has 1 aromatic heterocycles. The summed E-state index contributed by atoms with van der Waals surface area (Å²) >= 11 is 0. The van der Waals surface area contributed by atoms with Crippen molar-refractivity contribution in [3.05, 3.63) is 36.0 Å². The van der Waals surface area contributed by atoms with Gasteiger partial charge in [0.2, 0.25) is 0 Å². The van der Waals surface area contributed by atoms with Gasteiger partial charge in [0.05, 0.1) is 23.3 Å². The summed E-state index contributed by atoms with van der Waals surface area (Å²) in [6.45, 7) is 13.1. The van der Waals surface area contributed by atoms with E-state index in [0.29, 0.717) is 18.7 Å². The second kappa shape index (κ2) is 9.54. The van der Waals surface area contributed by atoms with Gasteiger partial charge in [0.1, 0.15) is 11.7 Å². The number of ether oxygens (including phenoxy) is 2. The van der Waals surface area contributed by atoms with Crippen molar-refractivity contribution >= 4 is 22.7 Å². The monoisotopic (exact) mass is 451 g/mol. The highest BCUT2D eigenvalue weighted by atomic mass is 16.6. The van der Waals surface area contributed by atoms with E-state index in [4.69, 9.17) is 9.47 Å². The van der Waals surface area contributed by atoms with E-state index in [1.807, 2.05) is 45.0 Å². The molecule has 2 atom stereocenters. The van der Waals surface area contributed by atoms with E-state index in [9.17, 15) is 10.1 Å². The lowest BCUT2D eigenvalue weighted by atomic mass is 10.1. The maximum atomic E-state index is 12.3. The minimum atomic E-state index is -0.477. The first-order valence-corrected chi connectivity index (χ1v) is 11.6. The number of aromatic nitrogens is 1.